The Morgan fingerprint density at radius 2 is 1.89 bits per heavy atom. The maximum absolute atomic E-state index is 13.3. The van der Waals surface area contributed by atoms with Gasteiger partial charge in [0.15, 0.2) is 0 Å². The predicted octanol–water partition coefficient (Wildman–Crippen LogP) is 1.42. The molecular formula is C13H19FN2O2S. The van der Waals surface area contributed by atoms with Gasteiger partial charge in [0.2, 0.25) is 10.0 Å². The molecule has 0 spiro atoms. The van der Waals surface area contributed by atoms with Gasteiger partial charge in [-0.2, -0.15) is 4.31 Å². The quantitative estimate of drug-likeness (QED) is 0.894. The van der Waals surface area contributed by atoms with E-state index in [4.69, 9.17) is 0 Å². The number of halogens is 1. The van der Waals surface area contributed by atoms with Crippen molar-refractivity contribution >= 4 is 10.0 Å². The van der Waals surface area contributed by atoms with Gasteiger partial charge in [0, 0.05) is 25.7 Å². The third kappa shape index (κ3) is 2.66. The van der Waals surface area contributed by atoms with Gasteiger partial charge in [-0.15, -0.1) is 0 Å². The molecule has 1 saturated heterocycles. The molecule has 0 saturated carbocycles. The van der Waals surface area contributed by atoms with E-state index in [-0.39, 0.29) is 10.9 Å². The summed E-state index contributed by atoms with van der Waals surface area (Å²) < 4.78 is 40.2. The third-order valence-electron chi connectivity index (χ3n) is 3.43. The number of hydrogen-bond acceptors (Lipinski definition) is 3. The maximum atomic E-state index is 13.3. The van der Waals surface area contributed by atoms with Crippen LogP contribution in [0.5, 0.6) is 0 Å². The molecule has 1 fully saturated rings. The predicted molar refractivity (Wildman–Crippen MR) is 72.1 cm³/mol. The number of rotatable bonds is 2. The van der Waals surface area contributed by atoms with Crippen LogP contribution >= 0.6 is 0 Å². The maximum Gasteiger partial charge on any atom is 0.243 e. The minimum absolute atomic E-state index is 0.0948. The summed E-state index contributed by atoms with van der Waals surface area (Å²) in [5.41, 5.74) is 0.923. The topological polar surface area (TPSA) is 49.4 Å². The first kappa shape index (κ1) is 14.4. The lowest BCUT2D eigenvalue weighted by Gasteiger charge is -2.33. The largest absolute Gasteiger partial charge is 0.314 e. The van der Waals surface area contributed by atoms with E-state index in [2.05, 4.69) is 5.32 Å². The van der Waals surface area contributed by atoms with Gasteiger partial charge in [0.1, 0.15) is 5.82 Å². The second-order valence-corrected chi connectivity index (χ2v) is 6.87. The van der Waals surface area contributed by atoms with Crippen LogP contribution in [0.4, 0.5) is 4.39 Å². The summed E-state index contributed by atoms with van der Waals surface area (Å²) in [6.07, 6.45) is 0. The average Bonchev–Trinajstić information content (AvgIpc) is 2.27. The summed E-state index contributed by atoms with van der Waals surface area (Å²) in [6.45, 7) is 6.87. The Bertz CT molecular complexity index is 563. The van der Waals surface area contributed by atoms with Crippen molar-refractivity contribution in [3.8, 4) is 0 Å². The van der Waals surface area contributed by atoms with Gasteiger partial charge in [-0.1, -0.05) is 0 Å². The SMILES string of the molecule is Cc1cc(F)cc(C)c1S(=O)(=O)N1CCNCC1C. The highest BCUT2D eigenvalue weighted by atomic mass is 32.2. The number of nitrogens with zero attached hydrogens (tertiary/aromatic N) is 1. The standard InChI is InChI=1S/C13H19FN2O2S/c1-9-6-12(14)7-10(2)13(9)19(17,18)16-5-4-15-8-11(16)3/h6-7,11,15H,4-5,8H2,1-3H3. The lowest BCUT2D eigenvalue weighted by Crippen LogP contribution is -2.52. The van der Waals surface area contributed by atoms with Crippen LogP contribution in [0.2, 0.25) is 0 Å². The fourth-order valence-corrected chi connectivity index (χ4v) is 4.65. The lowest BCUT2D eigenvalue weighted by molar-refractivity contribution is 0.283. The van der Waals surface area contributed by atoms with Crippen molar-refractivity contribution in [2.45, 2.75) is 31.7 Å². The molecule has 1 heterocycles. The van der Waals surface area contributed by atoms with E-state index in [1.807, 2.05) is 6.92 Å². The molecule has 19 heavy (non-hydrogen) atoms. The van der Waals surface area contributed by atoms with E-state index in [1.54, 1.807) is 13.8 Å². The van der Waals surface area contributed by atoms with Crippen LogP contribution in [0, 0.1) is 19.7 Å². The molecule has 2 rings (SSSR count). The van der Waals surface area contributed by atoms with Crippen molar-refractivity contribution in [1.82, 2.24) is 9.62 Å². The first-order valence-corrected chi connectivity index (χ1v) is 7.77. The Morgan fingerprint density at radius 3 is 2.42 bits per heavy atom. The van der Waals surface area contributed by atoms with Gasteiger partial charge >= 0.3 is 0 Å². The smallest absolute Gasteiger partial charge is 0.243 e. The fraction of sp³-hybridized carbons (Fsp3) is 0.538. The molecule has 0 bridgehead atoms. The second kappa shape index (κ2) is 5.19. The first-order valence-electron chi connectivity index (χ1n) is 6.33. The molecule has 1 unspecified atom stereocenters. The highest BCUT2D eigenvalue weighted by molar-refractivity contribution is 7.89. The van der Waals surface area contributed by atoms with Crippen LogP contribution in [0.3, 0.4) is 0 Å². The van der Waals surface area contributed by atoms with Crippen molar-refractivity contribution in [3.05, 3.63) is 29.1 Å². The molecule has 1 N–H and O–H groups in total. The first-order chi connectivity index (χ1) is 8.84. The van der Waals surface area contributed by atoms with Crippen LogP contribution < -0.4 is 5.32 Å². The van der Waals surface area contributed by atoms with Gasteiger partial charge in [-0.25, -0.2) is 12.8 Å². The molecule has 4 nitrogen and oxygen atoms in total. The number of hydrogen-bond donors (Lipinski definition) is 1. The minimum Gasteiger partial charge on any atom is -0.314 e. The van der Waals surface area contributed by atoms with Gasteiger partial charge in [0.05, 0.1) is 4.90 Å². The van der Waals surface area contributed by atoms with Gasteiger partial charge in [-0.05, 0) is 44.0 Å². The van der Waals surface area contributed by atoms with Gasteiger partial charge < -0.3 is 5.32 Å². The van der Waals surface area contributed by atoms with E-state index >= 15 is 0 Å². The Labute approximate surface area is 113 Å². The Hall–Kier alpha value is -0.980. The van der Waals surface area contributed by atoms with Crippen molar-refractivity contribution in [2.24, 2.45) is 0 Å². The Balaban J connectivity index is 2.50. The summed E-state index contributed by atoms with van der Waals surface area (Å²) >= 11 is 0. The Morgan fingerprint density at radius 1 is 1.32 bits per heavy atom. The highest BCUT2D eigenvalue weighted by Crippen LogP contribution is 2.26. The van der Waals surface area contributed by atoms with Gasteiger partial charge in [0.25, 0.3) is 0 Å². The lowest BCUT2D eigenvalue weighted by atomic mass is 10.1. The fourth-order valence-electron chi connectivity index (χ4n) is 2.60. The average molecular weight is 286 g/mol. The summed E-state index contributed by atoms with van der Waals surface area (Å²) in [5, 5.41) is 3.16. The summed E-state index contributed by atoms with van der Waals surface area (Å²) in [7, 11) is -3.56. The molecule has 1 aliphatic rings. The number of nitrogens with one attached hydrogen (secondary N) is 1. The van der Waals surface area contributed by atoms with Crippen molar-refractivity contribution < 1.29 is 12.8 Å². The summed E-state index contributed by atoms with van der Waals surface area (Å²) in [6, 6.07) is 2.45. The van der Waals surface area contributed by atoms with E-state index in [9.17, 15) is 12.8 Å². The molecule has 0 aromatic heterocycles. The van der Waals surface area contributed by atoms with E-state index in [0.717, 1.165) is 0 Å². The number of sulfonamides is 1. The zero-order valence-electron chi connectivity index (χ0n) is 11.4. The zero-order chi connectivity index (χ0) is 14.2. The number of benzene rings is 1. The molecule has 1 aliphatic heterocycles. The molecule has 0 aliphatic carbocycles. The van der Waals surface area contributed by atoms with E-state index in [0.29, 0.717) is 30.8 Å². The van der Waals surface area contributed by atoms with Crippen molar-refractivity contribution in [3.63, 3.8) is 0 Å². The third-order valence-corrected chi connectivity index (χ3v) is 5.75. The Kier molecular flexibility index (Phi) is 3.94. The number of aryl methyl sites for hydroxylation is 2. The monoisotopic (exact) mass is 286 g/mol. The van der Waals surface area contributed by atoms with Crippen LogP contribution in [-0.4, -0.2) is 38.4 Å². The van der Waals surface area contributed by atoms with Crippen LogP contribution in [0.1, 0.15) is 18.1 Å². The molecule has 106 valence electrons. The highest BCUT2D eigenvalue weighted by Gasteiger charge is 2.33. The normalized spacial score (nSPS) is 21.6. The number of piperazine rings is 1. The molecule has 0 radical (unpaired) electrons. The van der Waals surface area contributed by atoms with E-state index in [1.165, 1.54) is 16.4 Å². The second-order valence-electron chi connectivity index (χ2n) is 5.04. The molecule has 0 amide bonds. The summed E-state index contributed by atoms with van der Waals surface area (Å²) in [5.74, 6) is -0.401. The van der Waals surface area contributed by atoms with Crippen LogP contribution in [0.25, 0.3) is 0 Å². The minimum atomic E-state index is -3.56. The molecule has 1 atom stereocenters. The van der Waals surface area contributed by atoms with E-state index < -0.39 is 15.8 Å². The molecular weight excluding hydrogens is 267 g/mol. The molecule has 1 aromatic rings. The molecule has 1 aromatic carbocycles. The van der Waals surface area contributed by atoms with Crippen molar-refractivity contribution in [2.75, 3.05) is 19.6 Å². The molecule has 6 heteroatoms. The van der Waals surface area contributed by atoms with Crippen LogP contribution in [0.15, 0.2) is 17.0 Å². The van der Waals surface area contributed by atoms with Crippen molar-refractivity contribution in [1.29, 1.82) is 0 Å². The van der Waals surface area contributed by atoms with Gasteiger partial charge in [-0.3, -0.25) is 0 Å². The van der Waals surface area contributed by atoms with Crippen LogP contribution in [-0.2, 0) is 10.0 Å². The summed E-state index contributed by atoms with van der Waals surface area (Å²) in [4.78, 5) is 0.239. The zero-order valence-corrected chi connectivity index (χ0v) is 12.2.